The average Bonchev–Trinajstić information content (AvgIpc) is 3.35. The number of carbonyl (C=O) groups excluding carboxylic acids is 3. The van der Waals surface area contributed by atoms with Gasteiger partial charge in [0.05, 0.1) is 12.6 Å². The van der Waals surface area contributed by atoms with Gasteiger partial charge in [-0.1, -0.05) is 13.0 Å². The first-order valence-electron chi connectivity index (χ1n) is 9.24. The van der Waals surface area contributed by atoms with Gasteiger partial charge in [-0.2, -0.15) is 5.01 Å². The van der Waals surface area contributed by atoms with Crippen molar-refractivity contribution in [3.05, 3.63) is 22.4 Å². The summed E-state index contributed by atoms with van der Waals surface area (Å²) in [6.07, 6.45) is 2.57. The first-order chi connectivity index (χ1) is 12.9. The molecule has 0 radical (unpaired) electrons. The molecule has 0 saturated carbocycles. The highest BCUT2D eigenvalue weighted by molar-refractivity contribution is 7.09. The minimum atomic E-state index is -0.974. The maximum atomic E-state index is 12.5. The van der Waals surface area contributed by atoms with Gasteiger partial charge in [0.15, 0.2) is 0 Å². The number of hydrogen-bond donors (Lipinski definition) is 2. The summed E-state index contributed by atoms with van der Waals surface area (Å²) in [5.41, 5.74) is 1.48. The normalized spacial score (nSPS) is 25.3. The number of hydrazine groups is 1. The van der Waals surface area contributed by atoms with E-state index in [2.05, 4.69) is 10.7 Å². The molecule has 2 N–H and O–H groups in total. The van der Waals surface area contributed by atoms with Crippen LogP contribution in [0.5, 0.6) is 0 Å². The van der Waals surface area contributed by atoms with Gasteiger partial charge >= 0.3 is 6.03 Å². The van der Waals surface area contributed by atoms with E-state index in [1.54, 1.807) is 18.3 Å². The van der Waals surface area contributed by atoms with Crippen LogP contribution in [0.4, 0.5) is 4.79 Å². The van der Waals surface area contributed by atoms with Crippen molar-refractivity contribution in [1.29, 1.82) is 0 Å². The Bertz CT molecular complexity index is 690. The van der Waals surface area contributed by atoms with Gasteiger partial charge < -0.3 is 10.1 Å². The third-order valence-electron chi connectivity index (χ3n) is 5.02. The summed E-state index contributed by atoms with van der Waals surface area (Å²) < 4.78 is 5.69. The van der Waals surface area contributed by atoms with Crippen molar-refractivity contribution in [2.45, 2.75) is 51.3 Å². The van der Waals surface area contributed by atoms with E-state index in [0.717, 1.165) is 29.3 Å². The molecule has 0 aromatic carbocycles. The van der Waals surface area contributed by atoms with E-state index in [4.69, 9.17) is 4.74 Å². The largest absolute Gasteiger partial charge is 0.377 e. The van der Waals surface area contributed by atoms with Crippen LogP contribution in [0.3, 0.4) is 0 Å². The van der Waals surface area contributed by atoms with Crippen LogP contribution in [0.25, 0.3) is 0 Å². The van der Waals surface area contributed by atoms with E-state index >= 15 is 0 Å². The number of nitrogens with zero attached hydrogens (tertiary/aromatic N) is 2. The van der Waals surface area contributed by atoms with Crippen molar-refractivity contribution < 1.29 is 19.1 Å². The number of nitrogens with one attached hydrogen (secondary N) is 2. The molecule has 4 amide bonds. The van der Waals surface area contributed by atoms with E-state index in [1.165, 1.54) is 0 Å². The molecule has 1 aromatic heterocycles. The highest BCUT2D eigenvalue weighted by Crippen LogP contribution is 2.20. The fourth-order valence-corrected chi connectivity index (χ4v) is 4.02. The maximum Gasteiger partial charge on any atom is 0.344 e. The summed E-state index contributed by atoms with van der Waals surface area (Å²) >= 11 is 1.63. The maximum absolute atomic E-state index is 12.5. The second-order valence-electron chi connectivity index (χ2n) is 7.18. The predicted molar refractivity (Wildman–Crippen MR) is 101 cm³/mol. The minimum absolute atomic E-state index is 0.0810. The average molecular weight is 394 g/mol. The van der Waals surface area contributed by atoms with Crippen LogP contribution in [0.1, 0.15) is 38.0 Å². The van der Waals surface area contributed by atoms with Crippen LogP contribution in [-0.2, 0) is 20.9 Å². The van der Waals surface area contributed by atoms with Gasteiger partial charge in [0.1, 0.15) is 5.54 Å². The van der Waals surface area contributed by atoms with Crippen molar-refractivity contribution >= 4 is 29.2 Å². The number of ether oxygens (including phenoxy) is 1. The zero-order chi connectivity index (χ0) is 19.4. The molecule has 2 aliphatic rings. The topological polar surface area (TPSA) is 91.0 Å². The standard InChI is InChI=1S/C18H26N4O4S/c1-3-18(2)16(24)22(17(25)19-18)20-15(23)12-21(10-13-6-4-8-26-13)11-14-7-5-9-27-14/h5,7,9,13H,3-4,6,8,10-12H2,1-2H3,(H,19,25)(H,20,23)/t13-,18+/m1/s1. The summed E-state index contributed by atoms with van der Waals surface area (Å²) in [5, 5.41) is 5.42. The number of hydrogen-bond acceptors (Lipinski definition) is 6. The molecular weight excluding hydrogens is 368 g/mol. The molecule has 3 heterocycles. The van der Waals surface area contributed by atoms with Gasteiger partial charge in [0, 0.05) is 24.6 Å². The monoisotopic (exact) mass is 394 g/mol. The summed E-state index contributed by atoms with van der Waals surface area (Å²) in [4.78, 5) is 40.2. The van der Waals surface area contributed by atoms with E-state index in [1.807, 2.05) is 29.3 Å². The Balaban J connectivity index is 1.61. The molecule has 2 aliphatic heterocycles. The van der Waals surface area contributed by atoms with Crippen LogP contribution < -0.4 is 10.7 Å². The lowest BCUT2D eigenvalue weighted by Gasteiger charge is -2.25. The molecule has 3 rings (SSSR count). The van der Waals surface area contributed by atoms with Crippen LogP contribution in [0.2, 0.25) is 0 Å². The first-order valence-corrected chi connectivity index (χ1v) is 10.1. The summed E-state index contributed by atoms with van der Waals surface area (Å²) in [7, 11) is 0. The number of urea groups is 1. The van der Waals surface area contributed by atoms with Crippen molar-refractivity contribution in [2.75, 3.05) is 19.7 Å². The molecule has 2 fully saturated rings. The van der Waals surface area contributed by atoms with E-state index in [9.17, 15) is 14.4 Å². The molecule has 2 saturated heterocycles. The molecule has 9 heteroatoms. The number of rotatable bonds is 8. The van der Waals surface area contributed by atoms with Crippen LogP contribution >= 0.6 is 11.3 Å². The molecular formula is C18H26N4O4S. The molecule has 0 bridgehead atoms. The Morgan fingerprint density at radius 3 is 2.93 bits per heavy atom. The molecule has 1 aromatic rings. The van der Waals surface area contributed by atoms with Crippen LogP contribution in [0.15, 0.2) is 17.5 Å². The SMILES string of the molecule is CC[C@]1(C)NC(=O)N(NC(=O)CN(Cc2cccs2)C[C@H]2CCCO2)C1=O. The quantitative estimate of drug-likeness (QED) is 0.652. The molecule has 2 atom stereocenters. The Labute approximate surface area is 162 Å². The molecule has 0 unspecified atom stereocenters. The lowest BCUT2D eigenvalue weighted by atomic mass is 10.00. The zero-order valence-corrected chi connectivity index (χ0v) is 16.5. The highest BCUT2D eigenvalue weighted by Gasteiger charge is 2.47. The van der Waals surface area contributed by atoms with E-state index in [-0.39, 0.29) is 12.6 Å². The number of carbonyl (C=O) groups is 3. The van der Waals surface area contributed by atoms with Gasteiger partial charge in [0.2, 0.25) is 0 Å². The Morgan fingerprint density at radius 2 is 2.33 bits per heavy atom. The fraction of sp³-hybridized carbons (Fsp3) is 0.611. The van der Waals surface area contributed by atoms with Crippen molar-refractivity contribution in [3.8, 4) is 0 Å². The first kappa shape index (κ1) is 19.8. The van der Waals surface area contributed by atoms with Crippen molar-refractivity contribution in [1.82, 2.24) is 20.7 Å². The molecule has 0 aliphatic carbocycles. The second kappa shape index (κ2) is 8.37. The van der Waals surface area contributed by atoms with Crippen molar-refractivity contribution in [3.63, 3.8) is 0 Å². The zero-order valence-electron chi connectivity index (χ0n) is 15.7. The van der Waals surface area contributed by atoms with Gasteiger partial charge in [-0.25, -0.2) is 4.79 Å². The second-order valence-corrected chi connectivity index (χ2v) is 8.21. The Hall–Kier alpha value is -1.97. The van der Waals surface area contributed by atoms with E-state index in [0.29, 0.717) is 19.5 Å². The Morgan fingerprint density at radius 1 is 1.52 bits per heavy atom. The fourth-order valence-electron chi connectivity index (χ4n) is 3.27. The third-order valence-corrected chi connectivity index (χ3v) is 5.88. The van der Waals surface area contributed by atoms with Gasteiger partial charge in [-0.3, -0.25) is 19.9 Å². The summed E-state index contributed by atoms with van der Waals surface area (Å²) in [6.45, 7) is 5.56. The summed E-state index contributed by atoms with van der Waals surface area (Å²) in [5.74, 6) is -0.833. The minimum Gasteiger partial charge on any atom is -0.377 e. The lowest BCUT2D eigenvalue weighted by molar-refractivity contribution is -0.139. The lowest BCUT2D eigenvalue weighted by Crippen LogP contribution is -2.51. The summed E-state index contributed by atoms with van der Waals surface area (Å²) in [6, 6.07) is 3.40. The highest BCUT2D eigenvalue weighted by atomic mass is 32.1. The van der Waals surface area contributed by atoms with E-state index < -0.39 is 23.4 Å². The number of amides is 4. The van der Waals surface area contributed by atoms with Crippen LogP contribution in [-0.4, -0.2) is 59.1 Å². The third kappa shape index (κ3) is 4.66. The molecule has 8 nitrogen and oxygen atoms in total. The van der Waals surface area contributed by atoms with Gasteiger partial charge in [0.25, 0.3) is 11.8 Å². The smallest absolute Gasteiger partial charge is 0.344 e. The van der Waals surface area contributed by atoms with Gasteiger partial charge in [-0.15, -0.1) is 11.3 Å². The number of thiophene rings is 1. The molecule has 0 spiro atoms. The van der Waals surface area contributed by atoms with Crippen LogP contribution in [0, 0.1) is 0 Å². The van der Waals surface area contributed by atoms with Crippen molar-refractivity contribution in [2.24, 2.45) is 0 Å². The molecule has 148 valence electrons. The predicted octanol–water partition coefficient (Wildman–Crippen LogP) is 1.48. The molecule has 27 heavy (non-hydrogen) atoms. The Kier molecular flexibility index (Phi) is 6.13. The number of imide groups is 1. The van der Waals surface area contributed by atoms with Gasteiger partial charge in [-0.05, 0) is 37.6 Å².